The number of alkyl halides is 1. The first-order chi connectivity index (χ1) is 24.2. The average Bonchev–Trinajstić information content (AvgIpc) is 3.79. The van der Waals surface area contributed by atoms with Gasteiger partial charge in [0.05, 0.1) is 11.7 Å². The van der Waals surface area contributed by atoms with E-state index >= 15 is 8.78 Å². The number of aromatic nitrogens is 2. The number of carbonyl (C=O) groups excluding carboxylic acids is 4. The second kappa shape index (κ2) is 15.9. The summed E-state index contributed by atoms with van der Waals surface area (Å²) in [4.78, 5) is 57.6. The normalized spacial score (nSPS) is 18.6. The largest absolute Gasteiger partial charge is 0.449 e. The number of carbonyl (C=O) groups is 4. The molecule has 0 saturated carbocycles. The Morgan fingerprint density at radius 3 is 2.47 bits per heavy atom. The van der Waals surface area contributed by atoms with Gasteiger partial charge < -0.3 is 29.9 Å². The molecule has 2 aromatic carbocycles. The van der Waals surface area contributed by atoms with Crippen LogP contribution in [-0.2, 0) is 25.7 Å². The highest BCUT2D eigenvalue weighted by atomic mass is 19.1. The van der Waals surface area contributed by atoms with E-state index in [0.29, 0.717) is 0 Å². The van der Waals surface area contributed by atoms with Gasteiger partial charge in [0.25, 0.3) is 17.7 Å². The molecule has 4 amide bonds. The molecule has 0 spiro atoms. The smallest absolute Gasteiger partial charge is 0.407 e. The Balaban J connectivity index is 1.53. The van der Waals surface area contributed by atoms with Crippen LogP contribution in [0.1, 0.15) is 38.2 Å². The number of aliphatic hydroxyl groups excluding tert-OH is 1. The maximum Gasteiger partial charge on any atom is 0.407 e. The Bertz CT molecular complexity index is 1760. The molecule has 15 heteroatoms. The molecule has 3 aromatic rings. The number of ether oxygens (including phenoxy) is 1. The number of nitrogens with one attached hydrogen (secondary N) is 2. The van der Waals surface area contributed by atoms with Crippen LogP contribution in [0.5, 0.6) is 0 Å². The summed E-state index contributed by atoms with van der Waals surface area (Å²) in [7, 11) is 0. The highest BCUT2D eigenvalue weighted by Gasteiger charge is 2.45. The number of alkyl carbamates (subject to hydrolysis) is 1. The predicted octanol–water partition coefficient (Wildman–Crippen LogP) is 3.36. The maximum absolute atomic E-state index is 15.1. The lowest BCUT2D eigenvalue weighted by Gasteiger charge is -2.43. The van der Waals surface area contributed by atoms with Gasteiger partial charge in [-0.05, 0) is 30.7 Å². The van der Waals surface area contributed by atoms with Crippen molar-refractivity contribution < 1.29 is 42.2 Å². The van der Waals surface area contributed by atoms with Gasteiger partial charge in [-0.15, -0.1) is 0 Å². The first-order valence-corrected chi connectivity index (χ1v) is 16.6. The molecule has 1 fully saturated rings. The molecule has 51 heavy (non-hydrogen) atoms. The van der Waals surface area contributed by atoms with Gasteiger partial charge in [0.2, 0.25) is 0 Å². The third-order valence-electron chi connectivity index (χ3n) is 8.91. The van der Waals surface area contributed by atoms with Gasteiger partial charge in [0.1, 0.15) is 36.3 Å². The fourth-order valence-corrected chi connectivity index (χ4v) is 6.29. The van der Waals surface area contributed by atoms with Crippen LogP contribution in [-0.4, -0.2) is 99.9 Å². The molecule has 2 aliphatic heterocycles. The van der Waals surface area contributed by atoms with Crippen molar-refractivity contribution in [3.05, 3.63) is 89.9 Å². The Morgan fingerprint density at radius 2 is 1.82 bits per heavy atom. The minimum atomic E-state index is -1.51. The molecular weight excluding hydrogens is 669 g/mol. The summed E-state index contributed by atoms with van der Waals surface area (Å²) >= 11 is 0. The molecule has 3 N–H and O–H groups in total. The number of hydrogen-bond donors (Lipinski definition) is 3. The molecule has 0 aliphatic carbocycles. The summed E-state index contributed by atoms with van der Waals surface area (Å²) in [5.41, 5.74) is -0.454. The van der Waals surface area contributed by atoms with Crippen LogP contribution < -0.4 is 10.6 Å². The molecular formula is C36H41F3N6O6. The zero-order valence-corrected chi connectivity index (χ0v) is 28.5. The number of hydrogen-bond acceptors (Lipinski definition) is 8. The number of aliphatic hydroxyl groups is 1. The van der Waals surface area contributed by atoms with Crippen LogP contribution in [0.15, 0.2) is 66.9 Å². The highest BCUT2D eigenvalue weighted by Crippen LogP contribution is 2.41. The second-order valence-electron chi connectivity index (χ2n) is 13.4. The number of amides is 4. The standard InChI is InChI=1S/C36H41F3N6O6/c1-22(46)34(49)45(19-24-16-40-17-28(24)39)32(36(2,3)21-51-35(50)41-13-14-44-30(47)11-12-31(44)48)33-42-29(26-15-25(37)9-10-27(26)38)20-43(33)18-23-7-5-4-6-8-23/h4-12,15,20,22,24,28,32,40,46H,13-14,16-19,21H2,1-3H3,(H,41,50)/t22-,24-,28-,32-/m0/s1. The molecule has 2 aliphatic rings. The lowest BCUT2D eigenvalue weighted by Crippen LogP contribution is -2.51. The van der Waals surface area contributed by atoms with E-state index in [0.717, 1.165) is 40.8 Å². The van der Waals surface area contributed by atoms with Crippen molar-refractivity contribution in [2.45, 2.75) is 45.6 Å². The van der Waals surface area contributed by atoms with Gasteiger partial charge in [-0.2, -0.15) is 0 Å². The monoisotopic (exact) mass is 710 g/mol. The molecule has 1 saturated heterocycles. The van der Waals surface area contributed by atoms with Crippen LogP contribution in [0.25, 0.3) is 11.3 Å². The number of halogens is 3. The van der Waals surface area contributed by atoms with Crippen LogP contribution in [0.3, 0.4) is 0 Å². The van der Waals surface area contributed by atoms with Crippen molar-refractivity contribution in [3.63, 3.8) is 0 Å². The van der Waals surface area contributed by atoms with Crippen molar-refractivity contribution in [2.24, 2.45) is 11.3 Å². The van der Waals surface area contributed by atoms with E-state index in [2.05, 4.69) is 10.6 Å². The zero-order valence-electron chi connectivity index (χ0n) is 28.5. The Labute approximate surface area is 293 Å². The Morgan fingerprint density at radius 1 is 1.12 bits per heavy atom. The molecule has 4 atom stereocenters. The van der Waals surface area contributed by atoms with E-state index in [-0.39, 0.29) is 63.0 Å². The minimum absolute atomic E-state index is 0.0632. The van der Waals surface area contributed by atoms with E-state index in [1.54, 1.807) is 18.4 Å². The SMILES string of the molecule is C[C@H](O)C(=O)N(C[C@@H]1CNC[C@@H]1F)[C@@H](c1nc(-c2cc(F)ccc2F)cn1Cc1ccccc1)C(C)(C)COC(=O)NCCN1C(=O)C=CC1=O. The molecule has 0 radical (unpaired) electrons. The van der Waals surface area contributed by atoms with Gasteiger partial charge in [0, 0.05) is 74.5 Å². The van der Waals surface area contributed by atoms with Gasteiger partial charge >= 0.3 is 6.09 Å². The van der Waals surface area contributed by atoms with E-state index in [1.807, 2.05) is 30.3 Å². The molecule has 272 valence electrons. The summed E-state index contributed by atoms with van der Waals surface area (Å²) in [6, 6.07) is 11.1. The predicted molar refractivity (Wildman–Crippen MR) is 180 cm³/mol. The fraction of sp³-hybridized carbons (Fsp3) is 0.417. The average molecular weight is 711 g/mol. The maximum atomic E-state index is 15.1. The van der Waals surface area contributed by atoms with Crippen molar-refractivity contribution in [3.8, 4) is 11.3 Å². The highest BCUT2D eigenvalue weighted by molar-refractivity contribution is 6.12. The summed E-state index contributed by atoms with van der Waals surface area (Å²) in [6.07, 6.45) is 0.111. The zero-order chi connectivity index (χ0) is 36.9. The number of rotatable bonds is 14. The fourth-order valence-electron chi connectivity index (χ4n) is 6.29. The Kier molecular flexibility index (Phi) is 11.6. The van der Waals surface area contributed by atoms with Crippen LogP contribution in [0.4, 0.5) is 18.0 Å². The van der Waals surface area contributed by atoms with E-state index < -0.39 is 65.1 Å². The number of nitrogens with zero attached hydrogens (tertiary/aromatic N) is 4. The van der Waals surface area contributed by atoms with Gasteiger partial charge in [-0.1, -0.05) is 44.2 Å². The molecule has 3 heterocycles. The summed E-state index contributed by atoms with van der Waals surface area (Å²) < 4.78 is 51.9. The number of benzene rings is 2. The van der Waals surface area contributed by atoms with E-state index in [1.165, 1.54) is 18.0 Å². The van der Waals surface area contributed by atoms with Gasteiger partial charge in [-0.25, -0.2) is 22.9 Å². The van der Waals surface area contributed by atoms with Crippen molar-refractivity contribution >= 4 is 23.8 Å². The quantitative estimate of drug-likeness (QED) is 0.216. The third kappa shape index (κ3) is 8.83. The third-order valence-corrected chi connectivity index (χ3v) is 8.91. The molecule has 0 unspecified atom stereocenters. The lowest BCUT2D eigenvalue weighted by molar-refractivity contribution is -0.147. The first kappa shape index (κ1) is 37.2. The second-order valence-corrected chi connectivity index (χ2v) is 13.4. The molecule has 1 aromatic heterocycles. The van der Waals surface area contributed by atoms with Crippen molar-refractivity contribution in [2.75, 3.05) is 39.3 Å². The number of imidazole rings is 1. The molecule has 12 nitrogen and oxygen atoms in total. The minimum Gasteiger partial charge on any atom is -0.449 e. The summed E-state index contributed by atoms with van der Waals surface area (Å²) in [5, 5.41) is 16.1. The van der Waals surface area contributed by atoms with E-state index in [4.69, 9.17) is 9.72 Å². The van der Waals surface area contributed by atoms with Crippen molar-refractivity contribution in [1.82, 2.24) is 30.0 Å². The molecule has 0 bridgehead atoms. The van der Waals surface area contributed by atoms with E-state index in [9.17, 15) is 28.7 Å². The van der Waals surface area contributed by atoms with Crippen LogP contribution >= 0.6 is 0 Å². The van der Waals surface area contributed by atoms with Crippen LogP contribution in [0.2, 0.25) is 0 Å². The molecule has 5 rings (SSSR count). The van der Waals surface area contributed by atoms with Gasteiger partial charge in [-0.3, -0.25) is 19.3 Å². The lowest BCUT2D eigenvalue weighted by atomic mass is 9.82. The summed E-state index contributed by atoms with van der Waals surface area (Å²) in [6.45, 7) is 4.55. The van der Waals surface area contributed by atoms with Gasteiger partial charge in [0.15, 0.2) is 0 Å². The number of imide groups is 1. The van der Waals surface area contributed by atoms with Crippen LogP contribution in [0, 0.1) is 23.0 Å². The topological polar surface area (TPSA) is 146 Å². The first-order valence-electron chi connectivity index (χ1n) is 16.6. The summed E-state index contributed by atoms with van der Waals surface area (Å²) in [5.74, 6) is -3.62. The Hall–Kier alpha value is -5.02. The van der Waals surface area contributed by atoms with Crippen molar-refractivity contribution in [1.29, 1.82) is 0 Å².